The fraction of sp³-hybridized carbons (Fsp3) is 0. The second-order valence-electron chi connectivity index (χ2n) is 0.224. The van der Waals surface area contributed by atoms with E-state index in [1.165, 1.54) is 0 Å². The van der Waals surface area contributed by atoms with E-state index in [4.69, 9.17) is 15.3 Å². The summed E-state index contributed by atoms with van der Waals surface area (Å²) in [6, 6.07) is 0. The fourth-order valence-corrected chi connectivity index (χ4v) is 0. The molecule has 0 heterocycles. The van der Waals surface area contributed by atoms with Crippen LogP contribution in [0.25, 0.3) is 0 Å². The molecule has 0 aliphatic carbocycles. The standard InChI is InChI=1S/NO3.6H2O.Rh/c2-1(3)4;;;;;;;/h;6*1H2;/q-1;;;;;;;+2. The predicted molar refractivity (Wildman–Crippen MR) is 32.0 cm³/mol. The van der Waals surface area contributed by atoms with Crippen molar-refractivity contribution in [3.8, 4) is 0 Å². The van der Waals surface area contributed by atoms with E-state index in [0.717, 1.165) is 0 Å². The van der Waals surface area contributed by atoms with E-state index in [9.17, 15) is 0 Å². The van der Waals surface area contributed by atoms with Crippen molar-refractivity contribution in [2.75, 3.05) is 0 Å². The van der Waals surface area contributed by atoms with E-state index in [0.29, 0.717) is 0 Å². The monoisotopic (exact) mass is 273 g/mol. The van der Waals surface area contributed by atoms with E-state index in [-0.39, 0.29) is 52.3 Å². The minimum atomic E-state index is -1.75. The zero-order valence-electron chi connectivity index (χ0n) is 5.01. The molecule has 10 nitrogen and oxygen atoms in total. The van der Waals surface area contributed by atoms with Crippen LogP contribution in [0.15, 0.2) is 0 Å². The Morgan fingerprint density at radius 1 is 0.727 bits per heavy atom. The van der Waals surface area contributed by atoms with Gasteiger partial charge in [-0.05, 0) is 0 Å². The molecule has 0 fully saturated rings. The van der Waals surface area contributed by atoms with Gasteiger partial charge in [0, 0.05) is 0 Å². The van der Waals surface area contributed by atoms with Gasteiger partial charge < -0.3 is 48.2 Å². The Labute approximate surface area is 73.5 Å². The predicted octanol–water partition coefficient (Wildman–Crippen LogP) is -5.19. The van der Waals surface area contributed by atoms with Gasteiger partial charge >= 0.3 is 19.5 Å². The van der Waals surface area contributed by atoms with E-state index in [1.807, 2.05) is 0 Å². The Morgan fingerprint density at radius 3 is 0.727 bits per heavy atom. The molecule has 0 saturated carbocycles. The van der Waals surface area contributed by atoms with Crippen molar-refractivity contribution in [1.82, 2.24) is 0 Å². The minimum Gasteiger partial charge on any atom is -0.412 e. The van der Waals surface area contributed by atoms with Crippen LogP contribution in [0.3, 0.4) is 0 Å². The molecular formula is H12NO9Rh+. The maximum atomic E-state index is 8.25. The molecule has 1 radical (unpaired) electrons. The maximum absolute atomic E-state index is 8.25. The third kappa shape index (κ3) is 3180. The zero-order valence-corrected chi connectivity index (χ0v) is 6.64. The molecule has 0 rings (SSSR count). The molecule has 0 aromatic carbocycles. The molecule has 0 amide bonds. The number of hydrogen-bond donors (Lipinski definition) is 0. The summed E-state index contributed by atoms with van der Waals surface area (Å²) in [5, 5.41) is 14.8. The minimum absolute atomic E-state index is 0. The van der Waals surface area contributed by atoms with Crippen LogP contribution in [0.2, 0.25) is 0 Å². The Hall–Kier alpha value is -0.417. The Morgan fingerprint density at radius 2 is 0.727 bits per heavy atom. The van der Waals surface area contributed by atoms with E-state index >= 15 is 0 Å². The van der Waals surface area contributed by atoms with Crippen LogP contribution in [0.5, 0.6) is 0 Å². The van der Waals surface area contributed by atoms with Crippen molar-refractivity contribution in [2.24, 2.45) is 0 Å². The fourth-order valence-electron chi connectivity index (χ4n) is 0. The van der Waals surface area contributed by atoms with Gasteiger partial charge in [-0.15, -0.1) is 0 Å². The molecule has 0 aliphatic rings. The van der Waals surface area contributed by atoms with Gasteiger partial charge in [0.25, 0.3) is 0 Å². The van der Waals surface area contributed by atoms with Gasteiger partial charge in [-0.3, -0.25) is 0 Å². The summed E-state index contributed by atoms with van der Waals surface area (Å²) in [5.74, 6) is 0. The van der Waals surface area contributed by atoms with Crippen molar-refractivity contribution in [3.05, 3.63) is 15.3 Å². The quantitative estimate of drug-likeness (QED) is 0.238. The van der Waals surface area contributed by atoms with Crippen LogP contribution in [0.4, 0.5) is 0 Å². The van der Waals surface area contributed by atoms with Gasteiger partial charge in [0.05, 0.1) is 5.09 Å². The largest absolute Gasteiger partial charge is 2.00 e. The van der Waals surface area contributed by atoms with Crippen LogP contribution in [-0.4, -0.2) is 37.9 Å². The summed E-state index contributed by atoms with van der Waals surface area (Å²) in [6.07, 6.45) is 0. The van der Waals surface area contributed by atoms with Crippen molar-refractivity contribution in [3.63, 3.8) is 0 Å². The molecule has 0 saturated heterocycles. The van der Waals surface area contributed by atoms with Crippen molar-refractivity contribution < 1.29 is 57.4 Å². The first-order valence-corrected chi connectivity index (χ1v) is 0.548. The third-order valence-electron chi connectivity index (χ3n) is 0. The molecule has 0 atom stereocenters. The van der Waals surface area contributed by atoms with E-state index in [1.54, 1.807) is 0 Å². The van der Waals surface area contributed by atoms with Gasteiger partial charge in [-0.25, -0.2) is 0 Å². The zero-order chi connectivity index (χ0) is 3.58. The molecule has 11 heteroatoms. The first kappa shape index (κ1) is 146. The summed E-state index contributed by atoms with van der Waals surface area (Å²) < 4.78 is 0. The summed E-state index contributed by atoms with van der Waals surface area (Å²) in [7, 11) is 0. The first-order valence-electron chi connectivity index (χ1n) is 0.548. The molecule has 0 aromatic heterocycles. The Bertz CT molecular complexity index is 32.5. The van der Waals surface area contributed by atoms with E-state index in [2.05, 4.69) is 0 Å². The van der Waals surface area contributed by atoms with Gasteiger partial charge in [-0.2, -0.15) is 0 Å². The molecule has 0 aromatic rings. The number of hydrogen-bond acceptors (Lipinski definition) is 3. The van der Waals surface area contributed by atoms with Gasteiger partial charge in [0.2, 0.25) is 0 Å². The average Bonchev–Trinajstić information content (AvgIpc) is 0.811. The smallest absolute Gasteiger partial charge is 0.412 e. The van der Waals surface area contributed by atoms with Crippen molar-refractivity contribution in [1.29, 1.82) is 0 Å². The summed E-state index contributed by atoms with van der Waals surface area (Å²) in [4.78, 5) is 8.25. The number of rotatable bonds is 0. The van der Waals surface area contributed by atoms with E-state index < -0.39 is 5.09 Å². The molecular weight excluding hydrogens is 261 g/mol. The molecule has 0 bridgehead atoms. The van der Waals surface area contributed by atoms with Crippen molar-refractivity contribution >= 4 is 0 Å². The summed E-state index contributed by atoms with van der Waals surface area (Å²) >= 11 is 0. The van der Waals surface area contributed by atoms with Gasteiger partial charge in [-0.1, -0.05) is 0 Å². The van der Waals surface area contributed by atoms with Crippen LogP contribution < -0.4 is 0 Å². The van der Waals surface area contributed by atoms with Gasteiger partial charge in [0.15, 0.2) is 0 Å². The van der Waals surface area contributed by atoms with Crippen LogP contribution >= 0.6 is 0 Å². The van der Waals surface area contributed by atoms with Crippen LogP contribution in [0, 0.1) is 15.3 Å². The number of nitrogens with zero attached hydrogens (tertiary/aromatic N) is 1. The molecule has 12 N–H and O–H groups in total. The summed E-state index contributed by atoms with van der Waals surface area (Å²) in [5.41, 5.74) is 0. The van der Waals surface area contributed by atoms with Crippen LogP contribution in [-0.2, 0) is 19.5 Å². The van der Waals surface area contributed by atoms with Gasteiger partial charge in [0.1, 0.15) is 0 Å². The SMILES string of the molecule is O.O.O.O.O.O.O=[N+]([O-])[O-].[Rh+2]. The molecule has 11 heavy (non-hydrogen) atoms. The molecule has 0 spiro atoms. The topological polar surface area (TPSA) is 255 Å². The average molecular weight is 273 g/mol. The molecule has 0 aliphatic heterocycles. The van der Waals surface area contributed by atoms with Crippen LogP contribution in [0.1, 0.15) is 0 Å². The van der Waals surface area contributed by atoms with Crippen molar-refractivity contribution in [2.45, 2.75) is 0 Å². The first-order chi connectivity index (χ1) is 1.73. The third-order valence-corrected chi connectivity index (χ3v) is 0. The second kappa shape index (κ2) is 106. The molecule has 79 valence electrons. The second-order valence-corrected chi connectivity index (χ2v) is 0.224. The molecule has 0 unspecified atom stereocenters. The maximum Gasteiger partial charge on any atom is 2.00 e. The Kier molecular flexibility index (Phi) is 1400. The summed E-state index contributed by atoms with van der Waals surface area (Å²) in [6.45, 7) is 0. The normalized spacial score (nSPS) is 2.18. The Balaban J connectivity index is -0.00000000214.